The molecular weight excluding hydrogens is 288 g/mol. The van der Waals surface area contributed by atoms with Crippen LogP contribution in [0.15, 0.2) is 48.6 Å². The molecule has 1 aromatic rings. The van der Waals surface area contributed by atoms with Gasteiger partial charge in [0.1, 0.15) is 5.75 Å². The van der Waals surface area contributed by atoms with Crippen LogP contribution in [0.3, 0.4) is 0 Å². The number of piperidine rings is 1. The van der Waals surface area contributed by atoms with Crippen molar-refractivity contribution >= 4 is 5.91 Å². The largest absolute Gasteiger partial charge is 0.497 e. The van der Waals surface area contributed by atoms with E-state index in [2.05, 4.69) is 22.3 Å². The summed E-state index contributed by atoms with van der Waals surface area (Å²) in [6, 6.07) is 8.48. The van der Waals surface area contributed by atoms with E-state index in [1.807, 2.05) is 31.2 Å². The molecule has 0 unspecified atom stereocenters. The Kier molecular flexibility index (Phi) is 6.88. The summed E-state index contributed by atoms with van der Waals surface area (Å²) in [5.41, 5.74) is 1.26. The monoisotopic (exact) mass is 314 g/mol. The standard InChI is InChI=1S/C19H26N2O2/c1-3-4-5-9-19(22)20-17-10-12-21(13-11-17)15-16-7-6-8-18(14-16)23-2/h3-9,14,17H,10-13,15H2,1-2H3,(H,20,22)/b4-3+,9-5-. The molecular formula is C19H26N2O2. The van der Waals surface area contributed by atoms with Gasteiger partial charge in [-0.15, -0.1) is 0 Å². The Labute approximate surface area is 138 Å². The van der Waals surface area contributed by atoms with Gasteiger partial charge in [0.15, 0.2) is 0 Å². The molecule has 0 radical (unpaired) electrons. The Balaban J connectivity index is 1.76. The number of allylic oxidation sites excluding steroid dienone is 3. The number of nitrogens with zero attached hydrogens (tertiary/aromatic N) is 1. The van der Waals surface area contributed by atoms with Crippen molar-refractivity contribution in [1.82, 2.24) is 10.2 Å². The second-order valence-electron chi connectivity index (χ2n) is 5.80. The molecule has 1 aliphatic rings. The number of carbonyl (C=O) groups is 1. The van der Waals surface area contributed by atoms with Gasteiger partial charge in [0.2, 0.25) is 5.91 Å². The fourth-order valence-corrected chi connectivity index (χ4v) is 2.77. The number of rotatable bonds is 6. The van der Waals surface area contributed by atoms with Gasteiger partial charge in [0.25, 0.3) is 0 Å². The van der Waals surface area contributed by atoms with E-state index in [0.29, 0.717) is 0 Å². The Morgan fingerprint density at radius 3 is 2.83 bits per heavy atom. The highest BCUT2D eigenvalue weighted by Gasteiger charge is 2.20. The van der Waals surface area contributed by atoms with Crippen molar-refractivity contribution in [2.24, 2.45) is 0 Å². The number of amides is 1. The molecule has 1 amide bonds. The van der Waals surface area contributed by atoms with Crippen LogP contribution in [0.1, 0.15) is 25.3 Å². The maximum Gasteiger partial charge on any atom is 0.244 e. The second kappa shape index (κ2) is 9.16. The third kappa shape index (κ3) is 5.91. The van der Waals surface area contributed by atoms with Crippen LogP contribution in [0.2, 0.25) is 0 Å². The van der Waals surface area contributed by atoms with E-state index in [4.69, 9.17) is 4.74 Å². The van der Waals surface area contributed by atoms with Crippen molar-refractivity contribution in [2.75, 3.05) is 20.2 Å². The highest BCUT2D eigenvalue weighted by Crippen LogP contribution is 2.17. The fourth-order valence-electron chi connectivity index (χ4n) is 2.77. The zero-order valence-corrected chi connectivity index (χ0v) is 14.0. The molecule has 0 aromatic heterocycles. The van der Waals surface area contributed by atoms with E-state index in [9.17, 15) is 4.79 Å². The minimum Gasteiger partial charge on any atom is -0.497 e. The highest BCUT2D eigenvalue weighted by atomic mass is 16.5. The third-order valence-corrected chi connectivity index (χ3v) is 4.03. The number of likely N-dealkylation sites (tertiary alicyclic amines) is 1. The number of nitrogens with one attached hydrogen (secondary N) is 1. The van der Waals surface area contributed by atoms with E-state index < -0.39 is 0 Å². The first-order valence-corrected chi connectivity index (χ1v) is 8.16. The van der Waals surface area contributed by atoms with Crippen LogP contribution in [0, 0.1) is 0 Å². The summed E-state index contributed by atoms with van der Waals surface area (Å²) in [4.78, 5) is 14.2. The normalized spacial score (nSPS) is 17.0. The van der Waals surface area contributed by atoms with Gasteiger partial charge in [-0.25, -0.2) is 0 Å². The van der Waals surface area contributed by atoms with Crippen LogP contribution in [0.25, 0.3) is 0 Å². The molecule has 124 valence electrons. The third-order valence-electron chi connectivity index (χ3n) is 4.03. The van der Waals surface area contributed by atoms with E-state index in [-0.39, 0.29) is 11.9 Å². The molecule has 1 aliphatic heterocycles. The van der Waals surface area contributed by atoms with Gasteiger partial charge in [0, 0.05) is 31.8 Å². The zero-order valence-electron chi connectivity index (χ0n) is 14.0. The summed E-state index contributed by atoms with van der Waals surface area (Å²) in [7, 11) is 1.69. The average Bonchev–Trinajstić information content (AvgIpc) is 2.57. The molecule has 1 saturated heterocycles. The van der Waals surface area contributed by atoms with Gasteiger partial charge in [-0.1, -0.05) is 30.4 Å². The van der Waals surface area contributed by atoms with Gasteiger partial charge in [-0.2, -0.15) is 0 Å². The van der Waals surface area contributed by atoms with Crippen LogP contribution in [-0.4, -0.2) is 37.0 Å². The van der Waals surface area contributed by atoms with Gasteiger partial charge in [-0.05, 0) is 37.5 Å². The smallest absolute Gasteiger partial charge is 0.244 e. The molecule has 1 fully saturated rings. The van der Waals surface area contributed by atoms with Crippen LogP contribution < -0.4 is 10.1 Å². The van der Waals surface area contributed by atoms with Crippen LogP contribution >= 0.6 is 0 Å². The molecule has 23 heavy (non-hydrogen) atoms. The molecule has 0 saturated carbocycles. The van der Waals surface area contributed by atoms with Crippen molar-refractivity contribution < 1.29 is 9.53 Å². The minimum absolute atomic E-state index is 0.00524. The maximum atomic E-state index is 11.8. The molecule has 1 N–H and O–H groups in total. The molecule has 4 nitrogen and oxygen atoms in total. The van der Waals surface area contributed by atoms with E-state index in [1.54, 1.807) is 19.3 Å². The summed E-state index contributed by atoms with van der Waals surface area (Å²) in [6.45, 7) is 4.86. The number of benzene rings is 1. The predicted octanol–water partition coefficient (Wildman–Crippen LogP) is 2.91. The molecule has 0 bridgehead atoms. The van der Waals surface area contributed by atoms with Crippen molar-refractivity contribution in [1.29, 1.82) is 0 Å². The number of hydrogen-bond acceptors (Lipinski definition) is 3. The Bertz CT molecular complexity index is 558. The minimum atomic E-state index is -0.00524. The SMILES string of the molecule is C/C=C/C=C\C(=O)NC1CCN(Cc2cccc(OC)c2)CC1. The highest BCUT2D eigenvalue weighted by molar-refractivity contribution is 5.87. The van der Waals surface area contributed by atoms with Crippen molar-refractivity contribution in [3.05, 3.63) is 54.1 Å². The first kappa shape index (κ1) is 17.3. The molecule has 1 aromatic carbocycles. The number of carbonyl (C=O) groups excluding carboxylic acids is 1. The van der Waals surface area contributed by atoms with Gasteiger partial charge in [0.05, 0.1) is 7.11 Å². The summed E-state index contributed by atoms with van der Waals surface area (Å²) in [6.07, 6.45) is 9.10. The molecule has 2 rings (SSSR count). The maximum absolute atomic E-state index is 11.8. The quantitative estimate of drug-likeness (QED) is 0.648. The first-order valence-electron chi connectivity index (χ1n) is 8.16. The average molecular weight is 314 g/mol. The fraction of sp³-hybridized carbons (Fsp3) is 0.421. The van der Waals surface area contributed by atoms with E-state index >= 15 is 0 Å². The number of hydrogen-bond donors (Lipinski definition) is 1. The van der Waals surface area contributed by atoms with Crippen molar-refractivity contribution in [3.63, 3.8) is 0 Å². The van der Waals surface area contributed by atoms with Crippen LogP contribution in [0.5, 0.6) is 5.75 Å². The number of ether oxygens (including phenoxy) is 1. The van der Waals surface area contributed by atoms with Gasteiger partial charge >= 0.3 is 0 Å². The molecule has 0 spiro atoms. The summed E-state index contributed by atoms with van der Waals surface area (Å²) >= 11 is 0. The first-order chi connectivity index (χ1) is 11.2. The van der Waals surface area contributed by atoms with Crippen LogP contribution in [-0.2, 0) is 11.3 Å². The Morgan fingerprint density at radius 2 is 2.13 bits per heavy atom. The lowest BCUT2D eigenvalue weighted by molar-refractivity contribution is -0.117. The summed E-state index contributed by atoms with van der Waals surface area (Å²) < 4.78 is 5.27. The van der Waals surface area contributed by atoms with Gasteiger partial charge < -0.3 is 10.1 Å². The van der Waals surface area contributed by atoms with Crippen LogP contribution in [0.4, 0.5) is 0 Å². The Morgan fingerprint density at radius 1 is 1.35 bits per heavy atom. The zero-order chi connectivity index (χ0) is 16.5. The Hall–Kier alpha value is -2.07. The molecule has 0 aliphatic carbocycles. The van der Waals surface area contributed by atoms with E-state index in [0.717, 1.165) is 38.2 Å². The number of methoxy groups -OCH3 is 1. The summed E-state index contributed by atoms with van der Waals surface area (Å²) in [5, 5.41) is 3.07. The molecule has 4 heteroatoms. The lowest BCUT2D eigenvalue weighted by atomic mass is 10.0. The van der Waals surface area contributed by atoms with Gasteiger partial charge in [-0.3, -0.25) is 9.69 Å². The molecule has 1 heterocycles. The lowest BCUT2D eigenvalue weighted by Gasteiger charge is -2.32. The van der Waals surface area contributed by atoms with E-state index in [1.165, 1.54) is 5.56 Å². The predicted molar refractivity (Wildman–Crippen MR) is 93.4 cm³/mol. The lowest BCUT2D eigenvalue weighted by Crippen LogP contribution is -2.43. The second-order valence-corrected chi connectivity index (χ2v) is 5.80. The summed E-state index contributed by atoms with van der Waals surface area (Å²) in [5.74, 6) is 0.895. The van der Waals surface area contributed by atoms with Crippen molar-refractivity contribution in [2.45, 2.75) is 32.4 Å². The van der Waals surface area contributed by atoms with Crippen molar-refractivity contribution in [3.8, 4) is 5.75 Å². The molecule has 0 atom stereocenters. The topological polar surface area (TPSA) is 41.6 Å².